The molecule has 1 aromatic carbocycles. The molecule has 8 nitrogen and oxygen atoms in total. The van der Waals surface area contributed by atoms with Gasteiger partial charge in [0.25, 0.3) is 5.91 Å². The highest BCUT2D eigenvalue weighted by Gasteiger charge is 2.17. The number of aryl methyl sites for hydroxylation is 1. The first-order valence-electron chi connectivity index (χ1n) is 9.09. The molecule has 8 heteroatoms. The van der Waals surface area contributed by atoms with Crippen LogP contribution in [0, 0.1) is 0 Å². The summed E-state index contributed by atoms with van der Waals surface area (Å²) >= 11 is 0. The number of benzene rings is 1. The molecule has 29 heavy (non-hydrogen) atoms. The van der Waals surface area contributed by atoms with E-state index in [4.69, 9.17) is 4.74 Å². The number of fused-ring (bicyclic) bond motifs is 1. The first-order chi connectivity index (χ1) is 14.0. The second-order valence-corrected chi connectivity index (χ2v) is 6.95. The summed E-state index contributed by atoms with van der Waals surface area (Å²) in [6.07, 6.45) is 5.57. The first kappa shape index (κ1) is 18.5. The van der Waals surface area contributed by atoms with E-state index in [0.717, 1.165) is 22.2 Å². The standard InChI is InChI=1S/C21H22N6O2/c1-26(2)21(28)15-6-5-7-16(20(15)29-4)25-19-9-18-13(10-22-19)8-17(24-18)14-11-23-27(3)12-14/h5-12,24H,1-4H3,(H,22,25). The highest BCUT2D eigenvalue weighted by molar-refractivity contribution is 5.99. The van der Waals surface area contributed by atoms with Crippen molar-refractivity contribution in [2.45, 2.75) is 0 Å². The van der Waals surface area contributed by atoms with Crippen molar-refractivity contribution >= 4 is 28.3 Å². The van der Waals surface area contributed by atoms with E-state index < -0.39 is 0 Å². The normalized spacial score (nSPS) is 10.9. The fraction of sp³-hybridized carbons (Fsp3) is 0.190. The second kappa shape index (κ2) is 7.31. The second-order valence-electron chi connectivity index (χ2n) is 6.95. The lowest BCUT2D eigenvalue weighted by Crippen LogP contribution is -2.22. The maximum absolute atomic E-state index is 12.4. The Balaban J connectivity index is 1.67. The number of H-pyrrole nitrogens is 1. The molecular weight excluding hydrogens is 368 g/mol. The highest BCUT2D eigenvalue weighted by Crippen LogP contribution is 2.32. The van der Waals surface area contributed by atoms with Crippen LogP contribution in [0.25, 0.3) is 22.2 Å². The predicted octanol–water partition coefficient (Wildman–Crippen LogP) is 3.42. The fourth-order valence-electron chi connectivity index (χ4n) is 3.21. The number of hydrogen-bond acceptors (Lipinski definition) is 5. The Morgan fingerprint density at radius 1 is 1.24 bits per heavy atom. The molecule has 2 N–H and O–H groups in total. The lowest BCUT2D eigenvalue weighted by Gasteiger charge is -2.17. The van der Waals surface area contributed by atoms with Gasteiger partial charge in [-0.05, 0) is 18.2 Å². The molecule has 0 saturated heterocycles. The molecule has 0 atom stereocenters. The Bertz CT molecular complexity index is 1190. The molecule has 0 bridgehead atoms. The van der Waals surface area contributed by atoms with Crippen molar-refractivity contribution in [3.05, 3.63) is 54.5 Å². The summed E-state index contributed by atoms with van der Waals surface area (Å²) in [7, 11) is 6.86. The molecule has 148 valence electrons. The van der Waals surface area contributed by atoms with Crippen molar-refractivity contribution in [2.75, 3.05) is 26.5 Å². The molecular formula is C21H22N6O2. The molecule has 4 aromatic rings. The largest absolute Gasteiger partial charge is 0.494 e. The summed E-state index contributed by atoms with van der Waals surface area (Å²) in [5.41, 5.74) is 4.09. The number of aromatic amines is 1. The smallest absolute Gasteiger partial charge is 0.257 e. The average Bonchev–Trinajstić information content (AvgIpc) is 3.32. The third-order valence-electron chi connectivity index (χ3n) is 4.64. The third kappa shape index (κ3) is 3.52. The van der Waals surface area contributed by atoms with Gasteiger partial charge in [-0.2, -0.15) is 5.10 Å². The van der Waals surface area contributed by atoms with E-state index in [0.29, 0.717) is 22.8 Å². The zero-order chi connectivity index (χ0) is 20.5. The van der Waals surface area contributed by atoms with Crippen molar-refractivity contribution < 1.29 is 9.53 Å². The van der Waals surface area contributed by atoms with Gasteiger partial charge in [0.15, 0.2) is 5.75 Å². The van der Waals surface area contributed by atoms with Crippen molar-refractivity contribution in [1.82, 2.24) is 24.6 Å². The van der Waals surface area contributed by atoms with Crippen LogP contribution in [0.2, 0.25) is 0 Å². The Kier molecular flexibility index (Phi) is 4.67. The lowest BCUT2D eigenvalue weighted by molar-refractivity contribution is 0.0824. The Hall–Kier alpha value is -3.81. The molecule has 0 aliphatic carbocycles. The number of pyridine rings is 1. The fourth-order valence-corrected chi connectivity index (χ4v) is 3.21. The molecule has 0 radical (unpaired) electrons. The van der Waals surface area contributed by atoms with Crippen LogP contribution in [-0.4, -0.2) is 51.8 Å². The number of carbonyl (C=O) groups is 1. The van der Waals surface area contributed by atoms with Crippen LogP contribution in [0.5, 0.6) is 5.75 Å². The summed E-state index contributed by atoms with van der Waals surface area (Å²) in [5, 5.41) is 8.47. The Morgan fingerprint density at radius 2 is 2.07 bits per heavy atom. The molecule has 3 aromatic heterocycles. The van der Waals surface area contributed by atoms with Gasteiger partial charge in [-0.25, -0.2) is 4.98 Å². The van der Waals surface area contributed by atoms with Gasteiger partial charge >= 0.3 is 0 Å². The number of para-hydroxylation sites is 1. The maximum atomic E-state index is 12.4. The molecule has 0 aliphatic heterocycles. The minimum atomic E-state index is -0.126. The third-order valence-corrected chi connectivity index (χ3v) is 4.64. The molecule has 0 unspecified atom stereocenters. The predicted molar refractivity (Wildman–Crippen MR) is 113 cm³/mol. The molecule has 3 heterocycles. The minimum absolute atomic E-state index is 0.126. The molecule has 4 rings (SSSR count). The molecule has 0 spiro atoms. The van der Waals surface area contributed by atoms with Crippen LogP contribution >= 0.6 is 0 Å². The zero-order valence-electron chi connectivity index (χ0n) is 16.7. The van der Waals surface area contributed by atoms with Gasteiger partial charge in [-0.15, -0.1) is 0 Å². The van der Waals surface area contributed by atoms with E-state index in [1.807, 2.05) is 43.7 Å². The molecule has 0 saturated carbocycles. The van der Waals surface area contributed by atoms with E-state index in [1.54, 1.807) is 38.2 Å². The summed E-state index contributed by atoms with van der Waals surface area (Å²) in [6.45, 7) is 0. The summed E-state index contributed by atoms with van der Waals surface area (Å²) in [4.78, 5) is 21.8. The number of nitrogens with zero attached hydrogens (tertiary/aromatic N) is 4. The van der Waals surface area contributed by atoms with Crippen molar-refractivity contribution in [2.24, 2.45) is 7.05 Å². The van der Waals surface area contributed by atoms with Gasteiger partial charge in [-0.3, -0.25) is 9.48 Å². The molecule has 0 aliphatic rings. The maximum Gasteiger partial charge on any atom is 0.257 e. The highest BCUT2D eigenvalue weighted by atomic mass is 16.5. The van der Waals surface area contributed by atoms with E-state index in [-0.39, 0.29) is 5.91 Å². The first-order valence-corrected chi connectivity index (χ1v) is 9.09. The van der Waals surface area contributed by atoms with Gasteiger partial charge in [0.1, 0.15) is 5.82 Å². The van der Waals surface area contributed by atoms with Crippen LogP contribution in [0.3, 0.4) is 0 Å². The van der Waals surface area contributed by atoms with Gasteiger partial charge in [0, 0.05) is 56.2 Å². The van der Waals surface area contributed by atoms with Gasteiger partial charge in [0.05, 0.1) is 30.1 Å². The van der Waals surface area contributed by atoms with Crippen LogP contribution < -0.4 is 10.1 Å². The van der Waals surface area contributed by atoms with E-state index in [9.17, 15) is 4.79 Å². The number of anilines is 2. The van der Waals surface area contributed by atoms with Crippen LogP contribution in [0.1, 0.15) is 10.4 Å². The van der Waals surface area contributed by atoms with Gasteiger partial charge in [0.2, 0.25) is 0 Å². The van der Waals surface area contributed by atoms with E-state index in [2.05, 4.69) is 20.4 Å². The number of carbonyl (C=O) groups excluding carboxylic acids is 1. The summed E-state index contributed by atoms with van der Waals surface area (Å²) < 4.78 is 7.28. The number of methoxy groups -OCH3 is 1. The zero-order valence-corrected chi connectivity index (χ0v) is 16.7. The van der Waals surface area contributed by atoms with E-state index >= 15 is 0 Å². The summed E-state index contributed by atoms with van der Waals surface area (Å²) in [6, 6.07) is 9.38. The van der Waals surface area contributed by atoms with Crippen LogP contribution in [-0.2, 0) is 7.05 Å². The van der Waals surface area contributed by atoms with Crippen LogP contribution in [0.15, 0.2) is 48.9 Å². The Morgan fingerprint density at radius 3 is 2.76 bits per heavy atom. The molecule has 0 fully saturated rings. The summed E-state index contributed by atoms with van der Waals surface area (Å²) in [5.74, 6) is 1.000. The number of aromatic nitrogens is 4. The monoisotopic (exact) mass is 390 g/mol. The lowest BCUT2D eigenvalue weighted by atomic mass is 10.1. The number of rotatable bonds is 5. The topological polar surface area (TPSA) is 88.1 Å². The number of hydrogen-bond donors (Lipinski definition) is 2. The average molecular weight is 390 g/mol. The van der Waals surface area contributed by atoms with Crippen molar-refractivity contribution in [3.63, 3.8) is 0 Å². The van der Waals surface area contributed by atoms with Gasteiger partial charge in [-0.1, -0.05) is 6.07 Å². The van der Waals surface area contributed by atoms with Crippen LogP contribution in [0.4, 0.5) is 11.5 Å². The van der Waals surface area contributed by atoms with E-state index in [1.165, 1.54) is 4.90 Å². The quantitative estimate of drug-likeness (QED) is 0.545. The SMILES string of the molecule is COc1c(Nc2cc3[nH]c(-c4cnn(C)c4)cc3cn2)cccc1C(=O)N(C)C. The van der Waals surface area contributed by atoms with Gasteiger partial charge < -0.3 is 19.9 Å². The molecule has 1 amide bonds. The number of ether oxygens (including phenoxy) is 1. The number of nitrogens with one attached hydrogen (secondary N) is 2. The van der Waals surface area contributed by atoms with Crippen molar-refractivity contribution in [3.8, 4) is 17.0 Å². The minimum Gasteiger partial charge on any atom is -0.494 e. The Labute approximate surface area is 168 Å². The number of amides is 1. The van der Waals surface area contributed by atoms with Crippen molar-refractivity contribution in [1.29, 1.82) is 0 Å².